The number of phenolic OH excluding ortho intramolecular Hbond substituents is 1. The average molecular weight is 312 g/mol. The molecule has 0 radical (unpaired) electrons. The van der Waals surface area contributed by atoms with E-state index in [-0.39, 0.29) is 11.7 Å². The van der Waals surface area contributed by atoms with E-state index < -0.39 is 0 Å². The lowest BCUT2D eigenvalue weighted by atomic mass is 10.0. The van der Waals surface area contributed by atoms with Gasteiger partial charge in [0.2, 0.25) is 4.77 Å². The van der Waals surface area contributed by atoms with Crippen LogP contribution in [0.25, 0.3) is 10.8 Å². The van der Waals surface area contributed by atoms with E-state index in [1.807, 2.05) is 44.2 Å². The van der Waals surface area contributed by atoms with Gasteiger partial charge in [-0.2, -0.15) is 14.9 Å². The van der Waals surface area contributed by atoms with Crippen LogP contribution in [0.5, 0.6) is 5.75 Å². The molecule has 112 valence electrons. The van der Waals surface area contributed by atoms with Crippen molar-refractivity contribution >= 4 is 29.2 Å². The van der Waals surface area contributed by atoms with Crippen molar-refractivity contribution in [1.29, 1.82) is 0 Å². The maximum Gasteiger partial charge on any atom is 0.216 e. The molecule has 1 heterocycles. The van der Waals surface area contributed by atoms with Crippen LogP contribution in [0.15, 0.2) is 41.5 Å². The Morgan fingerprint density at radius 3 is 2.82 bits per heavy atom. The molecule has 5 nitrogen and oxygen atoms in total. The molecule has 0 spiro atoms. The van der Waals surface area contributed by atoms with Crippen LogP contribution in [0.1, 0.15) is 31.2 Å². The number of nitrogens with one attached hydrogen (secondary N) is 1. The Morgan fingerprint density at radius 2 is 2.05 bits per heavy atom. The summed E-state index contributed by atoms with van der Waals surface area (Å²) in [6, 6.07) is 11.4. The first kappa shape index (κ1) is 14.5. The van der Waals surface area contributed by atoms with Crippen LogP contribution in [0, 0.1) is 4.77 Å². The molecule has 0 amide bonds. The second-order valence-electron chi connectivity index (χ2n) is 5.32. The van der Waals surface area contributed by atoms with Crippen molar-refractivity contribution in [2.75, 3.05) is 0 Å². The number of rotatable bonds is 3. The smallest absolute Gasteiger partial charge is 0.216 e. The molecule has 22 heavy (non-hydrogen) atoms. The second kappa shape index (κ2) is 5.73. The minimum Gasteiger partial charge on any atom is -0.507 e. The van der Waals surface area contributed by atoms with Crippen molar-refractivity contribution in [3.8, 4) is 5.75 Å². The van der Waals surface area contributed by atoms with E-state index in [1.54, 1.807) is 17.0 Å². The zero-order chi connectivity index (χ0) is 15.7. The molecular weight excluding hydrogens is 296 g/mol. The lowest BCUT2D eigenvalue weighted by molar-refractivity contribution is 0.475. The van der Waals surface area contributed by atoms with Crippen molar-refractivity contribution in [2.24, 2.45) is 5.10 Å². The Balaban J connectivity index is 2.13. The number of hydrogen-bond acceptors (Lipinski definition) is 4. The third kappa shape index (κ3) is 2.53. The lowest BCUT2D eigenvalue weighted by Crippen LogP contribution is -2.01. The summed E-state index contributed by atoms with van der Waals surface area (Å²) in [5.74, 6) is 1.12. The van der Waals surface area contributed by atoms with E-state index >= 15 is 0 Å². The van der Waals surface area contributed by atoms with E-state index in [1.165, 1.54) is 0 Å². The lowest BCUT2D eigenvalue weighted by Gasteiger charge is -2.06. The number of fused-ring (bicyclic) bond motifs is 1. The fourth-order valence-corrected chi connectivity index (χ4v) is 2.51. The first-order valence-electron chi connectivity index (χ1n) is 7.00. The van der Waals surface area contributed by atoms with Gasteiger partial charge in [0.25, 0.3) is 0 Å². The van der Waals surface area contributed by atoms with E-state index in [0.29, 0.717) is 10.3 Å². The first-order valence-corrected chi connectivity index (χ1v) is 7.41. The number of aromatic hydroxyl groups is 1. The van der Waals surface area contributed by atoms with Crippen LogP contribution in [-0.4, -0.2) is 26.2 Å². The molecule has 6 heteroatoms. The van der Waals surface area contributed by atoms with Crippen LogP contribution in [0.3, 0.4) is 0 Å². The van der Waals surface area contributed by atoms with Gasteiger partial charge in [-0.15, -0.1) is 0 Å². The highest BCUT2D eigenvalue weighted by Gasteiger charge is 2.10. The number of hydrogen-bond donors (Lipinski definition) is 2. The summed E-state index contributed by atoms with van der Waals surface area (Å²) in [6.45, 7) is 4.04. The quantitative estimate of drug-likeness (QED) is 0.571. The third-order valence-electron chi connectivity index (χ3n) is 3.44. The predicted molar refractivity (Wildman–Crippen MR) is 90.1 cm³/mol. The molecule has 0 aliphatic heterocycles. The molecule has 1 aromatic heterocycles. The highest BCUT2D eigenvalue weighted by molar-refractivity contribution is 7.71. The highest BCUT2D eigenvalue weighted by Crippen LogP contribution is 2.25. The summed E-state index contributed by atoms with van der Waals surface area (Å²) >= 11 is 5.20. The van der Waals surface area contributed by atoms with Gasteiger partial charge in [-0.25, -0.2) is 0 Å². The molecule has 0 aliphatic carbocycles. The van der Waals surface area contributed by atoms with Gasteiger partial charge in [0.05, 0.1) is 6.21 Å². The second-order valence-corrected chi connectivity index (χ2v) is 5.70. The minimum atomic E-state index is 0.184. The van der Waals surface area contributed by atoms with Gasteiger partial charge in [-0.1, -0.05) is 44.2 Å². The number of aromatic nitrogens is 3. The predicted octanol–water partition coefficient (Wildman–Crippen LogP) is 3.81. The molecule has 3 rings (SSSR count). The molecular formula is C16H16N4OS. The molecule has 0 fully saturated rings. The fraction of sp³-hybridized carbons (Fsp3) is 0.188. The number of phenols is 1. The summed E-state index contributed by atoms with van der Waals surface area (Å²) in [6.07, 6.45) is 1.62. The van der Waals surface area contributed by atoms with Crippen LogP contribution in [0.2, 0.25) is 0 Å². The SMILES string of the molecule is CC(C)c1n[nH]c(=S)n1/N=C/c1c(O)ccc2ccccc12. The first-order chi connectivity index (χ1) is 10.6. The molecule has 2 N–H and O–H groups in total. The van der Waals surface area contributed by atoms with Crippen LogP contribution in [0.4, 0.5) is 0 Å². The normalized spacial score (nSPS) is 11.8. The molecule has 0 bridgehead atoms. The Morgan fingerprint density at radius 1 is 1.27 bits per heavy atom. The average Bonchev–Trinajstić information content (AvgIpc) is 2.87. The highest BCUT2D eigenvalue weighted by atomic mass is 32.1. The van der Waals surface area contributed by atoms with E-state index in [9.17, 15) is 5.11 Å². The monoisotopic (exact) mass is 312 g/mol. The molecule has 0 unspecified atom stereocenters. The van der Waals surface area contributed by atoms with Crippen molar-refractivity contribution in [1.82, 2.24) is 14.9 Å². The van der Waals surface area contributed by atoms with Crippen molar-refractivity contribution in [2.45, 2.75) is 19.8 Å². The molecule has 2 aromatic carbocycles. The van der Waals surface area contributed by atoms with E-state index in [4.69, 9.17) is 12.2 Å². The maximum atomic E-state index is 10.1. The summed E-state index contributed by atoms with van der Waals surface area (Å²) < 4.78 is 2.01. The standard InChI is InChI=1S/C16H16N4OS/c1-10(2)15-18-19-16(22)20(15)17-9-13-12-6-4-3-5-11(12)7-8-14(13)21/h3-10,21H,1-2H3,(H,19,22)/b17-9+. The summed E-state index contributed by atoms with van der Waals surface area (Å²) in [5.41, 5.74) is 0.663. The molecule has 3 aromatic rings. The molecule has 0 saturated carbocycles. The minimum absolute atomic E-state index is 0.184. The Kier molecular flexibility index (Phi) is 3.77. The fourth-order valence-electron chi connectivity index (χ4n) is 2.32. The maximum absolute atomic E-state index is 10.1. The van der Waals surface area contributed by atoms with E-state index in [2.05, 4.69) is 15.3 Å². The molecule has 0 aliphatic rings. The van der Waals surface area contributed by atoms with Gasteiger partial charge in [-0.3, -0.25) is 5.10 Å². The Bertz CT molecular complexity index is 908. The van der Waals surface area contributed by atoms with Gasteiger partial charge in [-0.05, 0) is 29.1 Å². The van der Waals surface area contributed by atoms with E-state index in [0.717, 1.165) is 16.6 Å². The number of H-pyrrole nitrogens is 1. The van der Waals surface area contributed by atoms with Crippen molar-refractivity contribution in [3.63, 3.8) is 0 Å². The van der Waals surface area contributed by atoms with Crippen LogP contribution in [-0.2, 0) is 0 Å². The summed E-state index contributed by atoms with van der Waals surface area (Å²) in [5, 5.41) is 23.4. The molecule has 0 saturated heterocycles. The van der Waals surface area contributed by atoms with Crippen LogP contribution < -0.4 is 0 Å². The van der Waals surface area contributed by atoms with Crippen molar-refractivity contribution in [3.05, 3.63) is 52.6 Å². The largest absolute Gasteiger partial charge is 0.507 e. The number of aromatic amines is 1. The van der Waals surface area contributed by atoms with Gasteiger partial charge in [0.15, 0.2) is 5.82 Å². The van der Waals surface area contributed by atoms with Gasteiger partial charge >= 0.3 is 0 Å². The molecule has 0 atom stereocenters. The Labute approximate surface area is 132 Å². The number of nitrogens with zero attached hydrogens (tertiary/aromatic N) is 3. The topological polar surface area (TPSA) is 66.2 Å². The van der Waals surface area contributed by atoms with Gasteiger partial charge in [0.1, 0.15) is 5.75 Å². The summed E-state index contributed by atoms with van der Waals surface area (Å²) in [7, 11) is 0. The summed E-state index contributed by atoms with van der Waals surface area (Å²) in [4.78, 5) is 0. The van der Waals surface area contributed by atoms with Gasteiger partial charge < -0.3 is 5.11 Å². The Hall–Kier alpha value is -2.47. The zero-order valence-corrected chi connectivity index (χ0v) is 13.1. The van der Waals surface area contributed by atoms with Crippen molar-refractivity contribution < 1.29 is 5.11 Å². The van der Waals surface area contributed by atoms with Gasteiger partial charge in [0, 0.05) is 11.5 Å². The van der Waals surface area contributed by atoms with Crippen LogP contribution >= 0.6 is 12.2 Å². The number of benzene rings is 2. The zero-order valence-electron chi connectivity index (χ0n) is 12.3. The third-order valence-corrected chi connectivity index (χ3v) is 3.71.